The van der Waals surface area contributed by atoms with E-state index in [0.717, 1.165) is 5.92 Å². The maximum Gasteiger partial charge on any atom is -0.0351 e. The van der Waals surface area contributed by atoms with E-state index >= 15 is 0 Å². The van der Waals surface area contributed by atoms with Crippen molar-refractivity contribution in [3.8, 4) is 0 Å². The van der Waals surface area contributed by atoms with Gasteiger partial charge in [0.05, 0.1) is 0 Å². The van der Waals surface area contributed by atoms with Gasteiger partial charge in [-0.1, -0.05) is 129 Å². The van der Waals surface area contributed by atoms with Crippen LogP contribution >= 0.6 is 0 Å². The lowest BCUT2D eigenvalue weighted by atomic mass is 9.92. The van der Waals surface area contributed by atoms with Gasteiger partial charge in [-0.2, -0.15) is 0 Å². The van der Waals surface area contributed by atoms with Crippen LogP contribution in [-0.2, 0) is 0 Å². The Labute approximate surface area is 161 Å². The highest BCUT2D eigenvalue weighted by molar-refractivity contribution is 4.81. The summed E-state index contributed by atoms with van der Waals surface area (Å²) in [5.41, 5.74) is 0. The van der Waals surface area contributed by atoms with Gasteiger partial charge >= 0.3 is 0 Å². The Morgan fingerprint density at radius 3 is 1.40 bits per heavy atom. The monoisotopic (exact) mass is 350 g/mol. The Bertz CT molecular complexity index is 253. The number of hydrogen-bond acceptors (Lipinski definition) is 0. The van der Waals surface area contributed by atoms with Gasteiger partial charge in [-0.3, -0.25) is 0 Å². The molecule has 0 aliphatic rings. The molecule has 0 rings (SSSR count). The van der Waals surface area contributed by atoms with E-state index in [-0.39, 0.29) is 0 Å². The first-order valence-electron chi connectivity index (χ1n) is 12.0. The van der Waals surface area contributed by atoms with E-state index in [1.807, 2.05) is 0 Å². The Kier molecular flexibility index (Phi) is 21.6. The number of unbranched alkanes of at least 4 members (excludes halogenated alkanes) is 13. The van der Waals surface area contributed by atoms with Crippen molar-refractivity contribution in [2.45, 2.75) is 143 Å². The molecule has 25 heavy (non-hydrogen) atoms. The summed E-state index contributed by atoms with van der Waals surface area (Å²) in [6, 6.07) is 0. The molecular formula is C25H50. The van der Waals surface area contributed by atoms with Crippen molar-refractivity contribution in [1.29, 1.82) is 0 Å². The summed E-state index contributed by atoms with van der Waals surface area (Å²) in [6.45, 7) is 6.98. The molecule has 0 spiro atoms. The first kappa shape index (κ1) is 24.7. The largest absolute Gasteiger partial charge is 0.0885 e. The fraction of sp³-hybridized carbons (Fsp3) is 0.920. The molecule has 0 radical (unpaired) electrons. The van der Waals surface area contributed by atoms with E-state index in [1.54, 1.807) is 0 Å². The summed E-state index contributed by atoms with van der Waals surface area (Å²) in [6.07, 6.45) is 31.8. The summed E-state index contributed by atoms with van der Waals surface area (Å²) in [5, 5.41) is 0. The van der Waals surface area contributed by atoms with Crippen LogP contribution < -0.4 is 0 Å². The van der Waals surface area contributed by atoms with E-state index < -0.39 is 0 Å². The summed E-state index contributed by atoms with van der Waals surface area (Å²) in [7, 11) is 0. The van der Waals surface area contributed by atoms with Gasteiger partial charge in [-0.25, -0.2) is 0 Å². The van der Waals surface area contributed by atoms with Gasteiger partial charge in [0, 0.05) is 0 Å². The van der Waals surface area contributed by atoms with Gasteiger partial charge in [-0.15, -0.1) is 0 Å². The highest BCUT2D eigenvalue weighted by Crippen LogP contribution is 2.21. The van der Waals surface area contributed by atoms with E-state index in [0.29, 0.717) is 0 Å². The smallest absolute Gasteiger partial charge is 0.0351 e. The fourth-order valence-corrected chi connectivity index (χ4v) is 3.74. The van der Waals surface area contributed by atoms with Crippen LogP contribution in [0.2, 0.25) is 0 Å². The van der Waals surface area contributed by atoms with Gasteiger partial charge in [0.25, 0.3) is 0 Å². The fourth-order valence-electron chi connectivity index (χ4n) is 3.74. The van der Waals surface area contributed by atoms with E-state index in [9.17, 15) is 0 Å². The lowest BCUT2D eigenvalue weighted by Gasteiger charge is -2.14. The zero-order valence-corrected chi connectivity index (χ0v) is 18.2. The summed E-state index contributed by atoms with van der Waals surface area (Å²) in [5.74, 6) is 1.01. The number of rotatable bonds is 20. The first-order chi connectivity index (χ1) is 12.3. The molecule has 0 saturated carbocycles. The molecule has 0 heteroatoms. The lowest BCUT2D eigenvalue weighted by Crippen LogP contribution is -1.99. The second-order valence-corrected chi connectivity index (χ2v) is 8.14. The van der Waals surface area contributed by atoms with Gasteiger partial charge in [0.15, 0.2) is 0 Å². The molecule has 0 fully saturated rings. The van der Waals surface area contributed by atoms with E-state index in [2.05, 4.69) is 32.9 Å². The molecule has 0 amide bonds. The quantitative estimate of drug-likeness (QED) is 0.151. The van der Waals surface area contributed by atoms with Crippen LogP contribution in [-0.4, -0.2) is 0 Å². The molecular weight excluding hydrogens is 300 g/mol. The summed E-state index contributed by atoms with van der Waals surface area (Å²) >= 11 is 0. The molecule has 0 saturated heterocycles. The SMILES string of the molecule is CCCCCC=CCCCCCCCC(CC)CCCCCCCC. The first-order valence-corrected chi connectivity index (χ1v) is 12.0. The molecule has 0 aliphatic carbocycles. The van der Waals surface area contributed by atoms with Crippen molar-refractivity contribution in [3.05, 3.63) is 12.2 Å². The standard InChI is InChI=1S/C25H50/c1-4-7-9-11-13-14-15-16-17-18-20-22-24-25(6-3)23-21-19-12-10-8-5-2/h13-14,25H,4-12,15-24H2,1-3H3. The molecule has 0 aliphatic heterocycles. The topological polar surface area (TPSA) is 0 Å². The lowest BCUT2D eigenvalue weighted by molar-refractivity contribution is 0.393. The average molecular weight is 351 g/mol. The average Bonchev–Trinajstić information content (AvgIpc) is 2.63. The molecule has 1 unspecified atom stereocenters. The van der Waals surface area contributed by atoms with E-state index in [4.69, 9.17) is 0 Å². The van der Waals surface area contributed by atoms with Crippen molar-refractivity contribution in [3.63, 3.8) is 0 Å². The van der Waals surface area contributed by atoms with Gasteiger partial charge in [-0.05, 0) is 31.6 Å². The van der Waals surface area contributed by atoms with Crippen LogP contribution in [0.15, 0.2) is 12.2 Å². The van der Waals surface area contributed by atoms with Gasteiger partial charge < -0.3 is 0 Å². The van der Waals surface area contributed by atoms with Crippen LogP contribution in [0, 0.1) is 5.92 Å². The number of allylic oxidation sites excluding steroid dienone is 2. The molecule has 0 N–H and O–H groups in total. The van der Waals surface area contributed by atoms with Crippen molar-refractivity contribution < 1.29 is 0 Å². The minimum atomic E-state index is 1.01. The minimum absolute atomic E-state index is 1.01. The van der Waals surface area contributed by atoms with Crippen molar-refractivity contribution in [2.24, 2.45) is 5.92 Å². The highest BCUT2D eigenvalue weighted by atomic mass is 14.1. The van der Waals surface area contributed by atoms with Crippen LogP contribution in [0.4, 0.5) is 0 Å². The summed E-state index contributed by atoms with van der Waals surface area (Å²) < 4.78 is 0. The minimum Gasteiger partial charge on any atom is -0.0885 e. The zero-order chi connectivity index (χ0) is 18.4. The van der Waals surface area contributed by atoms with Crippen LogP contribution in [0.1, 0.15) is 143 Å². The molecule has 150 valence electrons. The van der Waals surface area contributed by atoms with Crippen LogP contribution in [0.5, 0.6) is 0 Å². The van der Waals surface area contributed by atoms with Crippen molar-refractivity contribution in [1.82, 2.24) is 0 Å². The number of hydrogen-bond donors (Lipinski definition) is 0. The van der Waals surface area contributed by atoms with Gasteiger partial charge in [0.1, 0.15) is 0 Å². The predicted molar refractivity (Wildman–Crippen MR) is 117 cm³/mol. The predicted octanol–water partition coefficient (Wildman–Crippen LogP) is 9.63. The molecule has 0 aromatic rings. The molecule has 0 nitrogen and oxygen atoms in total. The molecule has 0 heterocycles. The second kappa shape index (κ2) is 21.8. The third kappa shape index (κ3) is 19.9. The molecule has 0 aromatic heterocycles. The third-order valence-electron chi connectivity index (χ3n) is 5.67. The van der Waals surface area contributed by atoms with E-state index in [1.165, 1.54) is 122 Å². The Hall–Kier alpha value is -0.260. The molecule has 0 bridgehead atoms. The van der Waals surface area contributed by atoms with Crippen molar-refractivity contribution >= 4 is 0 Å². The molecule has 1 atom stereocenters. The Morgan fingerprint density at radius 1 is 0.480 bits per heavy atom. The normalized spacial score (nSPS) is 12.9. The third-order valence-corrected chi connectivity index (χ3v) is 5.67. The summed E-state index contributed by atoms with van der Waals surface area (Å²) in [4.78, 5) is 0. The highest BCUT2D eigenvalue weighted by Gasteiger charge is 2.05. The van der Waals surface area contributed by atoms with Gasteiger partial charge in [0.2, 0.25) is 0 Å². The second-order valence-electron chi connectivity index (χ2n) is 8.14. The Balaban J connectivity index is 3.32. The van der Waals surface area contributed by atoms with Crippen molar-refractivity contribution in [2.75, 3.05) is 0 Å². The maximum atomic E-state index is 2.42. The Morgan fingerprint density at radius 2 is 0.880 bits per heavy atom. The van der Waals surface area contributed by atoms with Crippen LogP contribution in [0.3, 0.4) is 0 Å². The molecule has 0 aromatic carbocycles. The zero-order valence-electron chi connectivity index (χ0n) is 18.2. The van der Waals surface area contributed by atoms with Crippen LogP contribution in [0.25, 0.3) is 0 Å². The maximum absolute atomic E-state index is 2.42.